The first-order valence-electron chi connectivity index (χ1n) is 8.15. The van der Waals surface area contributed by atoms with Gasteiger partial charge in [-0.15, -0.1) is 0 Å². The summed E-state index contributed by atoms with van der Waals surface area (Å²) in [7, 11) is 0. The number of aliphatic hydroxyl groups excluding tert-OH is 2. The van der Waals surface area contributed by atoms with E-state index in [0.717, 1.165) is 6.07 Å². The van der Waals surface area contributed by atoms with Crippen LogP contribution in [-0.4, -0.2) is 58.6 Å². The zero-order chi connectivity index (χ0) is 17.3. The molecule has 1 aromatic rings. The number of hydrogen-bond acceptors (Lipinski definition) is 6. The minimum Gasteiger partial charge on any atom is -0.391 e. The average molecular weight is 346 g/mol. The van der Waals surface area contributed by atoms with Crippen LogP contribution < -0.4 is 9.80 Å². The van der Waals surface area contributed by atoms with Gasteiger partial charge in [-0.25, -0.2) is 4.98 Å². The number of β-amino-alcohol motifs (C(OH)–C–C–N with tert-alkyl or cyclic N) is 2. The fraction of sp³-hybridized carbons (Fsp3) is 0.733. The number of hydrogen-bond donors (Lipinski definition) is 2. The van der Waals surface area contributed by atoms with E-state index in [4.69, 9.17) is 0 Å². The highest BCUT2D eigenvalue weighted by Crippen LogP contribution is 2.32. The Morgan fingerprint density at radius 3 is 2.12 bits per heavy atom. The van der Waals surface area contributed by atoms with Crippen molar-refractivity contribution in [3.05, 3.63) is 11.8 Å². The van der Waals surface area contributed by atoms with Crippen molar-refractivity contribution in [1.82, 2.24) is 9.97 Å². The molecule has 2 fully saturated rings. The Morgan fingerprint density at radius 1 is 0.958 bits per heavy atom. The molecule has 2 aliphatic rings. The van der Waals surface area contributed by atoms with Gasteiger partial charge in [-0.2, -0.15) is 18.2 Å². The van der Waals surface area contributed by atoms with Crippen molar-refractivity contribution in [2.75, 3.05) is 36.0 Å². The number of piperidine rings is 2. The van der Waals surface area contributed by atoms with E-state index in [1.165, 1.54) is 0 Å². The van der Waals surface area contributed by atoms with Crippen LogP contribution in [0.1, 0.15) is 31.4 Å². The zero-order valence-corrected chi connectivity index (χ0v) is 13.2. The van der Waals surface area contributed by atoms with Gasteiger partial charge in [0, 0.05) is 32.2 Å². The molecule has 6 nitrogen and oxygen atoms in total. The third-order valence-electron chi connectivity index (χ3n) is 4.39. The van der Waals surface area contributed by atoms with Crippen LogP contribution in [-0.2, 0) is 6.18 Å². The Labute approximate surface area is 137 Å². The van der Waals surface area contributed by atoms with E-state index in [-0.39, 0.29) is 24.9 Å². The van der Waals surface area contributed by atoms with Crippen LogP contribution in [0.5, 0.6) is 0 Å². The monoisotopic (exact) mass is 346 g/mol. The number of halogens is 3. The third-order valence-corrected chi connectivity index (χ3v) is 4.39. The molecule has 0 radical (unpaired) electrons. The molecule has 0 bridgehead atoms. The Balaban J connectivity index is 1.94. The van der Waals surface area contributed by atoms with Gasteiger partial charge in [0.1, 0.15) is 5.82 Å². The predicted octanol–water partition coefficient (Wildman–Crippen LogP) is 1.42. The van der Waals surface area contributed by atoms with Crippen molar-refractivity contribution in [1.29, 1.82) is 0 Å². The molecule has 2 atom stereocenters. The fourth-order valence-electron chi connectivity index (χ4n) is 3.17. The summed E-state index contributed by atoms with van der Waals surface area (Å²) in [5.41, 5.74) is -0.998. The number of alkyl halides is 3. The van der Waals surface area contributed by atoms with Gasteiger partial charge in [-0.05, 0) is 25.7 Å². The second kappa shape index (κ2) is 6.72. The highest BCUT2D eigenvalue weighted by molar-refractivity contribution is 5.47. The molecule has 1 aromatic heterocycles. The molecule has 9 heteroatoms. The zero-order valence-electron chi connectivity index (χ0n) is 13.2. The quantitative estimate of drug-likeness (QED) is 0.844. The minimum atomic E-state index is -4.57. The maximum Gasteiger partial charge on any atom is 0.433 e. The number of nitrogens with zero attached hydrogens (tertiary/aromatic N) is 4. The molecular formula is C15H21F3N4O2. The second-order valence-corrected chi connectivity index (χ2v) is 6.39. The molecule has 3 heterocycles. The molecule has 0 aromatic carbocycles. The third kappa shape index (κ3) is 3.89. The summed E-state index contributed by atoms with van der Waals surface area (Å²) in [5, 5.41) is 19.5. The molecule has 2 aliphatic heterocycles. The van der Waals surface area contributed by atoms with Crippen LogP contribution in [0.2, 0.25) is 0 Å². The van der Waals surface area contributed by atoms with Gasteiger partial charge in [0.2, 0.25) is 5.95 Å². The summed E-state index contributed by atoms with van der Waals surface area (Å²) >= 11 is 0. The second-order valence-electron chi connectivity index (χ2n) is 6.39. The Kier molecular flexibility index (Phi) is 4.82. The smallest absolute Gasteiger partial charge is 0.391 e. The van der Waals surface area contributed by atoms with Gasteiger partial charge in [0.15, 0.2) is 5.69 Å². The largest absolute Gasteiger partial charge is 0.433 e. The molecule has 2 N–H and O–H groups in total. The Bertz CT molecular complexity index is 544. The lowest BCUT2D eigenvalue weighted by molar-refractivity contribution is -0.141. The van der Waals surface area contributed by atoms with E-state index < -0.39 is 24.1 Å². The lowest BCUT2D eigenvalue weighted by Crippen LogP contribution is -2.41. The van der Waals surface area contributed by atoms with Gasteiger partial charge in [0.05, 0.1) is 12.2 Å². The predicted molar refractivity (Wildman–Crippen MR) is 81.9 cm³/mol. The Hall–Kier alpha value is -1.61. The lowest BCUT2D eigenvalue weighted by Gasteiger charge is -2.33. The van der Waals surface area contributed by atoms with Gasteiger partial charge < -0.3 is 20.0 Å². The summed E-state index contributed by atoms with van der Waals surface area (Å²) < 4.78 is 39.6. The van der Waals surface area contributed by atoms with E-state index in [2.05, 4.69) is 9.97 Å². The van der Waals surface area contributed by atoms with Crippen LogP contribution in [0.25, 0.3) is 0 Å². The first-order valence-corrected chi connectivity index (χ1v) is 8.15. The van der Waals surface area contributed by atoms with Crippen molar-refractivity contribution in [2.45, 2.75) is 44.1 Å². The normalized spacial score (nSPS) is 25.9. The van der Waals surface area contributed by atoms with Gasteiger partial charge >= 0.3 is 6.18 Å². The van der Waals surface area contributed by atoms with E-state index >= 15 is 0 Å². The van der Waals surface area contributed by atoms with Crippen molar-refractivity contribution < 1.29 is 23.4 Å². The van der Waals surface area contributed by atoms with Crippen molar-refractivity contribution >= 4 is 11.8 Å². The molecule has 0 unspecified atom stereocenters. The average Bonchev–Trinajstić information content (AvgIpc) is 2.53. The first kappa shape index (κ1) is 17.2. The van der Waals surface area contributed by atoms with Gasteiger partial charge in [0.25, 0.3) is 0 Å². The minimum absolute atomic E-state index is 0.0151. The summed E-state index contributed by atoms with van der Waals surface area (Å²) in [4.78, 5) is 11.2. The van der Waals surface area contributed by atoms with Gasteiger partial charge in [-0.1, -0.05) is 0 Å². The number of aliphatic hydroxyl groups is 2. The number of anilines is 2. The van der Waals surface area contributed by atoms with Crippen LogP contribution >= 0.6 is 0 Å². The summed E-state index contributed by atoms with van der Waals surface area (Å²) in [5.74, 6) is 0.157. The standard InChI is InChI=1S/C15H21F3N4O2/c16-15(17,18)12-7-13(21-5-1-3-10(23)8-21)20-14(19-12)22-6-2-4-11(24)9-22/h7,10-11,23-24H,1-6,8-9H2/t10-,11+/m0/s1. The van der Waals surface area contributed by atoms with E-state index in [1.807, 2.05) is 0 Å². The van der Waals surface area contributed by atoms with E-state index in [1.54, 1.807) is 9.80 Å². The van der Waals surface area contributed by atoms with E-state index in [9.17, 15) is 23.4 Å². The molecule has 0 amide bonds. The SMILES string of the molecule is O[C@@H]1CCCN(c2nc(N3CCC[C@H](O)C3)cc(C(F)(F)F)n2)C1. The molecule has 134 valence electrons. The molecule has 0 aliphatic carbocycles. The summed E-state index contributed by atoms with van der Waals surface area (Å²) in [6, 6.07) is 0.932. The maximum absolute atomic E-state index is 13.2. The number of aromatic nitrogens is 2. The van der Waals surface area contributed by atoms with Crippen LogP contribution in [0.3, 0.4) is 0 Å². The first-order chi connectivity index (χ1) is 11.3. The van der Waals surface area contributed by atoms with Crippen molar-refractivity contribution in [3.63, 3.8) is 0 Å². The van der Waals surface area contributed by atoms with Crippen LogP contribution in [0.4, 0.5) is 24.9 Å². The molecular weight excluding hydrogens is 325 g/mol. The van der Waals surface area contributed by atoms with Gasteiger partial charge in [-0.3, -0.25) is 0 Å². The molecule has 0 saturated carbocycles. The molecule has 24 heavy (non-hydrogen) atoms. The Morgan fingerprint density at radius 2 is 1.54 bits per heavy atom. The molecule has 3 rings (SSSR count). The van der Waals surface area contributed by atoms with Crippen LogP contribution in [0, 0.1) is 0 Å². The highest BCUT2D eigenvalue weighted by Gasteiger charge is 2.35. The molecule has 2 saturated heterocycles. The lowest BCUT2D eigenvalue weighted by atomic mass is 10.1. The number of rotatable bonds is 2. The topological polar surface area (TPSA) is 72.7 Å². The maximum atomic E-state index is 13.2. The van der Waals surface area contributed by atoms with Crippen molar-refractivity contribution in [2.24, 2.45) is 0 Å². The van der Waals surface area contributed by atoms with Crippen LogP contribution in [0.15, 0.2) is 6.07 Å². The summed E-state index contributed by atoms with van der Waals surface area (Å²) in [6.07, 6.45) is -3.09. The summed E-state index contributed by atoms with van der Waals surface area (Å²) in [6.45, 7) is 1.55. The van der Waals surface area contributed by atoms with Crippen molar-refractivity contribution in [3.8, 4) is 0 Å². The molecule has 0 spiro atoms. The fourth-order valence-corrected chi connectivity index (χ4v) is 3.17. The van der Waals surface area contributed by atoms with E-state index in [0.29, 0.717) is 38.8 Å². The highest BCUT2D eigenvalue weighted by atomic mass is 19.4.